The highest BCUT2D eigenvalue weighted by atomic mass is 35.5. The molecule has 1 aromatic carbocycles. The summed E-state index contributed by atoms with van der Waals surface area (Å²) in [5.74, 6) is -1.13. The molecular formula is C9H4ClF7O. The van der Waals surface area contributed by atoms with Crippen molar-refractivity contribution in [3.8, 4) is 0 Å². The zero-order valence-corrected chi connectivity index (χ0v) is 8.96. The van der Waals surface area contributed by atoms with Crippen LogP contribution in [0.5, 0.6) is 0 Å². The van der Waals surface area contributed by atoms with Gasteiger partial charge in [-0.2, -0.15) is 26.3 Å². The molecular weight excluding hydrogens is 293 g/mol. The van der Waals surface area contributed by atoms with Gasteiger partial charge in [0.1, 0.15) is 5.82 Å². The second-order valence-electron chi connectivity index (χ2n) is 3.33. The molecule has 1 rings (SSSR count). The van der Waals surface area contributed by atoms with Gasteiger partial charge < -0.3 is 5.11 Å². The van der Waals surface area contributed by atoms with Crippen LogP contribution < -0.4 is 0 Å². The Bertz CT molecular complexity index is 437. The van der Waals surface area contributed by atoms with Gasteiger partial charge in [-0.25, -0.2) is 4.39 Å². The van der Waals surface area contributed by atoms with Gasteiger partial charge in [0.2, 0.25) is 0 Å². The second kappa shape index (κ2) is 4.27. The first-order valence-corrected chi connectivity index (χ1v) is 4.60. The van der Waals surface area contributed by atoms with Crippen LogP contribution in [-0.2, 0) is 5.60 Å². The van der Waals surface area contributed by atoms with Crippen molar-refractivity contribution in [2.75, 3.05) is 0 Å². The summed E-state index contributed by atoms with van der Waals surface area (Å²) >= 11 is 5.13. The van der Waals surface area contributed by atoms with Crippen molar-refractivity contribution in [3.05, 3.63) is 34.6 Å². The van der Waals surface area contributed by atoms with Gasteiger partial charge in [-0.05, 0) is 12.1 Å². The zero-order chi connectivity index (χ0) is 14.4. The van der Waals surface area contributed by atoms with Crippen LogP contribution in [-0.4, -0.2) is 17.5 Å². The van der Waals surface area contributed by atoms with E-state index in [1.54, 1.807) is 0 Å². The number of rotatable bonds is 1. The molecule has 1 aromatic rings. The molecule has 9 heteroatoms. The third kappa shape index (κ3) is 2.26. The summed E-state index contributed by atoms with van der Waals surface area (Å²) in [7, 11) is 0. The lowest BCUT2D eigenvalue weighted by molar-refractivity contribution is -0.376. The molecule has 0 spiro atoms. The first-order chi connectivity index (χ1) is 7.91. The van der Waals surface area contributed by atoms with E-state index in [1.165, 1.54) is 0 Å². The Morgan fingerprint density at radius 3 is 1.72 bits per heavy atom. The minimum Gasteiger partial charge on any atom is -0.369 e. The van der Waals surface area contributed by atoms with Crippen LogP contribution in [0.1, 0.15) is 5.56 Å². The van der Waals surface area contributed by atoms with Crippen molar-refractivity contribution in [2.45, 2.75) is 18.0 Å². The maximum Gasteiger partial charge on any atom is 0.430 e. The Labute approximate surface area is 101 Å². The van der Waals surface area contributed by atoms with Crippen molar-refractivity contribution < 1.29 is 35.8 Å². The van der Waals surface area contributed by atoms with Gasteiger partial charge in [-0.15, -0.1) is 0 Å². The number of hydrogen-bond acceptors (Lipinski definition) is 1. The molecule has 102 valence electrons. The highest BCUT2D eigenvalue weighted by Gasteiger charge is 2.72. The predicted octanol–water partition coefficient (Wildman–Crippen LogP) is 3.79. The summed E-state index contributed by atoms with van der Waals surface area (Å²) in [5.41, 5.74) is -6.82. The fraction of sp³-hybridized carbons (Fsp3) is 0.333. The molecule has 18 heavy (non-hydrogen) atoms. The number of halogens is 8. The lowest BCUT2D eigenvalue weighted by Gasteiger charge is -2.33. The fourth-order valence-corrected chi connectivity index (χ4v) is 1.55. The van der Waals surface area contributed by atoms with Crippen molar-refractivity contribution in [3.63, 3.8) is 0 Å². The highest BCUT2D eigenvalue weighted by molar-refractivity contribution is 6.31. The monoisotopic (exact) mass is 296 g/mol. The van der Waals surface area contributed by atoms with E-state index in [4.69, 9.17) is 16.7 Å². The molecule has 0 aliphatic heterocycles. The lowest BCUT2D eigenvalue weighted by Crippen LogP contribution is -2.54. The SMILES string of the molecule is OC(c1ccc(F)cc1Cl)(C(F)(F)F)C(F)(F)F. The number of hydrogen-bond donors (Lipinski definition) is 1. The molecule has 0 bridgehead atoms. The highest BCUT2D eigenvalue weighted by Crippen LogP contribution is 2.51. The number of benzene rings is 1. The van der Waals surface area contributed by atoms with Crippen molar-refractivity contribution in [2.24, 2.45) is 0 Å². The molecule has 1 nitrogen and oxygen atoms in total. The molecule has 0 saturated heterocycles. The maximum absolute atomic E-state index is 12.6. The summed E-state index contributed by atoms with van der Waals surface area (Å²) < 4.78 is 87.3. The van der Waals surface area contributed by atoms with Crippen LogP contribution in [0.15, 0.2) is 18.2 Å². The summed E-state index contributed by atoms with van der Waals surface area (Å²) in [6, 6.07) is 0.724. The normalized spacial score (nSPS) is 13.8. The van der Waals surface area contributed by atoms with Gasteiger partial charge >= 0.3 is 12.4 Å². The Balaban J connectivity index is 3.56. The summed E-state index contributed by atoms with van der Waals surface area (Å²) in [6.45, 7) is 0. The van der Waals surface area contributed by atoms with Crippen molar-refractivity contribution in [1.82, 2.24) is 0 Å². The van der Waals surface area contributed by atoms with Crippen LogP contribution in [0.25, 0.3) is 0 Å². The van der Waals surface area contributed by atoms with Gasteiger partial charge in [0.25, 0.3) is 5.60 Å². The smallest absolute Gasteiger partial charge is 0.369 e. The Kier molecular flexibility index (Phi) is 3.57. The number of alkyl halides is 6. The molecule has 0 aromatic heterocycles. The lowest BCUT2D eigenvalue weighted by atomic mass is 9.92. The van der Waals surface area contributed by atoms with Gasteiger partial charge in [0.05, 0.1) is 5.02 Å². The van der Waals surface area contributed by atoms with E-state index in [-0.39, 0.29) is 12.1 Å². The minimum atomic E-state index is -6.05. The molecule has 0 fully saturated rings. The molecule has 0 radical (unpaired) electrons. The Morgan fingerprint density at radius 2 is 1.39 bits per heavy atom. The van der Waals surface area contributed by atoms with E-state index in [0.717, 1.165) is 0 Å². The van der Waals surface area contributed by atoms with Gasteiger partial charge in [0, 0.05) is 5.56 Å². The third-order valence-electron chi connectivity index (χ3n) is 2.14. The van der Waals surface area contributed by atoms with Gasteiger partial charge in [-0.1, -0.05) is 17.7 Å². The fourth-order valence-electron chi connectivity index (χ4n) is 1.25. The van der Waals surface area contributed by atoms with Crippen molar-refractivity contribution >= 4 is 11.6 Å². The van der Waals surface area contributed by atoms with E-state index in [0.29, 0.717) is 6.07 Å². The van der Waals surface area contributed by atoms with E-state index in [1.807, 2.05) is 0 Å². The largest absolute Gasteiger partial charge is 0.430 e. The van der Waals surface area contributed by atoms with E-state index in [9.17, 15) is 30.7 Å². The quantitative estimate of drug-likeness (QED) is 0.782. The van der Waals surface area contributed by atoms with Gasteiger partial charge in [0.15, 0.2) is 0 Å². The minimum absolute atomic E-state index is 0.138. The van der Waals surface area contributed by atoms with Crippen LogP contribution in [0, 0.1) is 5.82 Å². The third-order valence-corrected chi connectivity index (χ3v) is 2.45. The first-order valence-electron chi connectivity index (χ1n) is 4.22. The Hall–Kier alpha value is -1.02. The van der Waals surface area contributed by atoms with E-state index < -0.39 is 34.4 Å². The zero-order valence-electron chi connectivity index (χ0n) is 8.20. The predicted molar refractivity (Wildman–Crippen MR) is 47.4 cm³/mol. The van der Waals surface area contributed by atoms with Crippen LogP contribution >= 0.6 is 11.6 Å². The average molecular weight is 297 g/mol. The van der Waals surface area contributed by atoms with Crippen LogP contribution in [0.4, 0.5) is 30.7 Å². The average Bonchev–Trinajstić information content (AvgIpc) is 2.12. The second-order valence-corrected chi connectivity index (χ2v) is 3.74. The van der Waals surface area contributed by atoms with E-state index in [2.05, 4.69) is 0 Å². The Morgan fingerprint density at radius 1 is 0.944 bits per heavy atom. The topological polar surface area (TPSA) is 20.2 Å². The maximum atomic E-state index is 12.6. The summed E-state index contributed by atoms with van der Waals surface area (Å²) in [5, 5.41) is 7.80. The van der Waals surface area contributed by atoms with Crippen molar-refractivity contribution in [1.29, 1.82) is 0 Å². The molecule has 1 N–H and O–H groups in total. The van der Waals surface area contributed by atoms with E-state index >= 15 is 0 Å². The first kappa shape index (κ1) is 15.0. The molecule has 0 aliphatic rings. The van der Waals surface area contributed by atoms with Crippen LogP contribution in [0.3, 0.4) is 0 Å². The summed E-state index contributed by atoms with van der Waals surface area (Å²) in [4.78, 5) is 0. The number of aliphatic hydroxyl groups is 1. The standard InChI is InChI=1S/C9H4ClF7O/c10-6-3-4(11)1-2-5(6)7(18,8(12,13)14)9(15,16)17/h1-3,18H. The molecule has 0 aliphatic carbocycles. The molecule has 0 atom stereocenters. The molecule has 0 unspecified atom stereocenters. The van der Waals surface area contributed by atoms with Crippen LogP contribution in [0.2, 0.25) is 5.02 Å². The van der Waals surface area contributed by atoms with Gasteiger partial charge in [-0.3, -0.25) is 0 Å². The summed E-state index contributed by atoms with van der Waals surface area (Å²) in [6.07, 6.45) is -12.1. The molecule has 0 heterocycles. The molecule has 0 amide bonds. The molecule has 0 saturated carbocycles.